The average molecular weight is 234 g/mol. The maximum absolute atomic E-state index is 10.7. The molecule has 0 amide bonds. The van der Waals surface area contributed by atoms with Crippen molar-refractivity contribution in [2.24, 2.45) is 0 Å². The van der Waals surface area contributed by atoms with E-state index in [-0.39, 0.29) is 10.7 Å². The van der Waals surface area contributed by atoms with Gasteiger partial charge in [-0.05, 0) is 12.1 Å². The van der Waals surface area contributed by atoms with Gasteiger partial charge in [-0.25, -0.2) is 0 Å². The minimum absolute atomic E-state index is 0.00657. The number of fused-ring (bicyclic) bond motifs is 1. The maximum Gasteiger partial charge on any atom is 0.288 e. The van der Waals surface area contributed by atoms with Crippen LogP contribution >= 0.6 is 11.6 Å². The van der Waals surface area contributed by atoms with Crippen LogP contribution in [0, 0.1) is 21.4 Å². The normalized spacial score (nSPS) is 10.0. The van der Waals surface area contributed by atoms with Crippen LogP contribution < -0.4 is 0 Å². The van der Waals surface area contributed by atoms with Crippen molar-refractivity contribution >= 4 is 28.2 Å². The number of benzene rings is 1. The summed E-state index contributed by atoms with van der Waals surface area (Å²) in [7, 11) is 0. The number of nitriles is 1. The summed E-state index contributed by atoms with van der Waals surface area (Å²) in [5, 5.41) is 19.8. The number of hydrogen-bond acceptors (Lipinski definition) is 4. The molecule has 0 N–H and O–H groups in total. The van der Waals surface area contributed by atoms with Gasteiger partial charge in [0.2, 0.25) is 0 Å². The van der Waals surface area contributed by atoms with Crippen LogP contribution in [0.5, 0.6) is 0 Å². The lowest BCUT2D eigenvalue weighted by Gasteiger charge is -2.00. The smallest absolute Gasteiger partial charge is 0.258 e. The Hall–Kier alpha value is -2.19. The Balaban J connectivity index is 2.82. The lowest BCUT2D eigenvalue weighted by Crippen LogP contribution is -1.91. The fraction of sp³-hybridized carbons (Fsp3) is 0. The van der Waals surface area contributed by atoms with Crippen molar-refractivity contribution in [3.8, 4) is 6.07 Å². The second-order valence-electron chi connectivity index (χ2n) is 3.06. The van der Waals surface area contributed by atoms with Crippen LogP contribution in [0.4, 0.5) is 5.69 Å². The molecular weight excluding hydrogens is 230 g/mol. The van der Waals surface area contributed by atoms with E-state index in [9.17, 15) is 10.1 Å². The molecule has 0 spiro atoms. The van der Waals surface area contributed by atoms with Gasteiger partial charge < -0.3 is 0 Å². The third-order valence-corrected chi connectivity index (χ3v) is 2.50. The Bertz CT molecular complexity index is 634. The van der Waals surface area contributed by atoms with Crippen molar-refractivity contribution in [2.45, 2.75) is 0 Å². The lowest BCUT2D eigenvalue weighted by atomic mass is 10.1. The van der Waals surface area contributed by atoms with Crippen LogP contribution in [0.25, 0.3) is 10.9 Å². The second kappa shape index (κ2) is 3.76. The van der Waals surface area contributed by atoms with E-state index in [0.717, 1.165) is 0 Å². The van der Waals surface area contributed by atoms with E-state index in [1.807, 2.05) is 6.07 Å². The first-order valence-corrected chi connectivity index (χ1v) is 4.64. The quantitative estimate of drug-likeness (QED) is 0.560. The fourth-order valence-corrected chi connectivity index (χ4v) is 1.64. The van der Waals surface area contributed by atoms with Gasteiger partial charge in [0.15, 0.2) is 0 Å². The predicted octanol–water partition coefficient (Wildman–Crippen LogP) is 2.67. The molecule has 0 aliphatic heterocycles. The molecule has 0 unspecified atom stereocenters. The van der Waals surface area contributed by atoms with Gasteiger partial charge in [0.1, 0.15) is 11.1 Å². The predicted molar refractivity (Wildman–Crippen MR) is 58.1 cm³/mol. The van der Waals surface area contributed by atoms with Gasteiger partial charge in [0, 0.05) is 17.6 Å². The van der Waals surface area contributed by atoms with E-state index in [1.54, 1.807) is 0 Å². The number of nitrogens with zero attached hydrogens (tertiary/aromatic N) is 3. The van der Waals surface area contributed by atoms with Gasteiger partial charge in [-0.15, -0.1) is 0 Å². The number of aromatic nitrogens is 1. The van der Waals surface area contributed by atoms with Crippen molar-refractivity contribution in [1.29, 1.82) is 5.26 Å². The van der Waals surface area contributed by atoms with Crippen molar-refractivity contribution in [3.05, 3.63) is 45.1 Å². The number of pyridine rings is 1. The molecule has 0 saturated carbocycles. The van der Waals surface area contributed by atoms with Crippen molar-refractivity contribution < 1.29 is 4.92 Å². The third kappa shape index (κ3) is 1.55. The molecule has 0 aliphatic carbocycles. The molecule has 1 heterocycles. The number of rotatable bonds is 1. The molecule has 0 bridgehead atoms. The standard InChI is InChI=1S/C10H4ClN3O2/c11-10-7-3-6(4-12)5-13-8(7)1-2-9(10)14(15)16/h1-3,5H. The molecule has 0 aliphatic rings. The molecule has 1 aromatic carbocycles. The Morgan fingerprint density at radius 3 is 2.88 bits per heavy atom. The summed E-state index contributed by atoms with van der Waals surface area (Å²) < 4.78 is 0. The van der Waals surface area contributed by atoms with Crippen LogP contribution in [-0.2, 0) is 0 Å². The minimum Gasteiger partial charge on any atom is -0.258 e. The zero-order chi connectivity index (χ0) is 11.7. The van der Waals surface area contributed by atoms with E-state index < -0.39 is 4.92 Å². The highest BCUT2D eigenvalue weighted by Gasteiger charge is 2.15. The summed E-state index contributed by atoms with van der Waals surface area (Å²) in [4.78, 5) is 14.1. The SMILES string of the molecule is N#Cc1cnc2ccc([N+](=O)[O-])c(Cl)c2c1. The minimum atomic E-state index is -0.569. The Labute approximate surface area is 95.0 Å². The van der Waals surface area contributed by atoms with Crippen LogP contribution in [0.15, 0.2) is 24.4 Å². The van der Waals surface area contributed by atoms with Crippen LogP contribution in [0.1, 0.15) is 5.56 Å². The molecule has 2 aromatic rings. The zero-order valence-electron chi connectivity index (χ0n) is 7.85. The van der Waals surface area contributed by atoms with Crippen LogP contribution in [-0.4, -0.2) is 9.91 Å². The first kappa shape index (κ1) is 10.3. The lowest BCUT2D eigenvalue weighted by molar-refractivity contribution is -0.384. The molecule has 0 radical (unpaired) electrons. The fourth-order valence-electron chi connectivity index (χ4n) is 1.36. The van der Waals surface area contributed by atoms with E-state index in [0.29, 0.717) is 16.5 Å². The van der Waals surface area contributed by atoms with Gasteiger partial charge in [-0.2, -0.15) is 5.26 Å². The highest BCUT2D eigenvalue weighted by atomic mass is 35.5. The van der Waals surface area contributed by atoms with Crippen LogP contribution in [0.3, 0.4) is 0 Å². The molecule has 0 atom stereocenters. The summed E-state index contributed by atoms with van der Waals surface area (Å²) in [6.45, 7) is 0. The number of halogens is 1. The average Bonchev–Trinajstić information content (AvgIpc) is 2.28. The Morgan fingerprint density at radius 1 is 1.50 bits per heavy atom. The third-order valence-electron chi connectivity index (χ3n) is 2.10. The van der Waals surface area contributed by atoms with E-state index in [4.69, 9.17) is 16.9 Å². The van der Waals surface area contributed by atoms with Crippen molar-refractivity contribution in [3.63, 3.8) is 0 Å². The van der Waals surface area contributed by atoms with Gasteiger partial charge in [-0.1, -0.05) is 11.6 Å². The van der Waals surface area contributed by atoms with Gasteiger partial charge in [0.25, 0.3) is 5.69 Å². The van der Waals surface area contributed by atoms with Crippen LogP contribution in [0.2, 0.25) is 5.02 Å². The largest absolute Gasteiger partial charge is 0.288 e. The highest BCUT2D eigenvalue weighted by Crippen LogP contribution is 2.31. The first-order valence-electron chi connectivity index (χ1n) is 4.26. The van der Waals surface area contributed by atoms with Gasteiger partial charge >= 0.3 is 0 Å². The van der Waals surface area contributed by atoms with E-state index in [2.05, 4.69) is 4.98 Å². The molecule has 0 fully saturated rings. The summed E-state index contributed by atoms with van der Waals surface area (Å²) >= 11 is 5.87. The summed E-state index contributed by atoms with van der Waals surface area (Å²) in [5.41, 5.74) is 0.649. The zero-order valence-corrected chi connectivity index (χ0v) is 8.60. The summed E-state index contributed by atoms with van der Waals surface area (Å²) in [6, 6.07) is 6.18. The monoisotopic (exact) mass is 233 g/mol. The second-order valence-corrected chi connectivity index (χ2v) is 3.44. The molecule has 0 saturated heterocycles. The first-order chi connectivity index (χ1) is 7.63. The molecule has 16 heavy (non-hydrogen) atoms. The van der Waals surface area contributed by atoms with E-state index in [1.165, 1.54) is 24.4 Å². The summed E-state index contributed by atoms with van der Waals surface area (Å²) in [5.74, 6) is 0. The van der Waals surface area contributed by atoms with Crippen molar-refractivity contribution in [2.75, 3.05) is 0 Å². The molecule has 2 rings (SSSR count). The number of hydrogen-bond donors (Lipinski definition) is 0. The van der Waals surface area contributed by atoms with E-state index >= 15 is 0 Å². The molecule has 1 aromatic heterocycles. The number of nitro groups is 1. The molecule has 6 heteroatoms. The Kier molecular flexibility index (Phi) is 2.43. The topological polar surface area (TPSA) is 79.8 Å². The number of nitro benzene ring substituents is 1. The van der Waals surface area contributed by atoms with Gasteiger partial charge in [-0.3, -0.25) is 15.1 Å². The van der Waals surface area contributed by atoms with Gasteiger partial charge in [0.05, 0.1) is 16.0 Å². The maximum atomic E-state index is 10.7. The summed E-state index contributed by atoms with van der Waals surface area (Å²) in [6.07, 6.45) is 1.39. The molecular formula is C10H4ClN3O2. The Morgan fingerprint density at radius 2 is 2.25 bits per heavy atom. The highest BCUT2D eigenvalue weighted by molar-refractivity contribution is 6.37. The molecule has 78 valence electrons. The van der Waals surface area contributed by atoms with Crippen molar-refractivity contribution in [1.82, 2.24) is 4.98 Å². The molecule has 5 nitrogen and oxygen atoms in total.